The zero-order valence-electron chi connectivity index (χ0n) is 9.11. The van der Waals surface area contributed by atoms with Crippen LogP contribution in [0.25, 0.3) is 0 Å². The summed E-state index contributed by atoms with van der Waals surface area (Å²) in [5, 5.41) is 8.97. The van der Waals surface area contributed by atoms with E-state index >= 15 is 0 Å². The summed E-state index contributed by atoms with van der Waals surface area (Å²) in [6.45, 7) is 5.11. The first-order chi connectivity index (χ1) is 6.81. The van der Waals surface area contributed by atoms with Crippen molar-refractivity contribution in [1.82, 2.24) is 9.97 Å². The third-order valence-corrected chi connectivity index (χ3v) is 2.13. The summed E-state index contributed by atoms with van der Waals surface area (Å²) in [6, 6.07) is 1.75. The normalized spacial score (nSPS) is 11.4. The van der Waals surface area contributed by atoms with E-state index in [9.17, 15) is 4.79 Å². The quantitative estimate of drug-likeness (QED) is 0.775. The molecule has 0 atom stereocenters. The lowest BCUT2D eigenvalue weighted by atomic mass is 9.88. The molecule has 0 radical (unpaired) electrons. The fraction of sp³-hybridized carbons (Fsp3) is 0.500. The second kappa shape index (κ2) is 3.84. The van der Waals surface area contributed by atoms with Gasteiger partial charge in [-0.15, -0.1) is 0 Å². The van der Waals surface area contributed by atoms with E-state index in [2.05, 4.69) is 9.97 Å². The van der Waals surface area contributed by atoms with Crippen molar-refractivity contribution >= 4 is 11.9 Å². The van der Waals surface area contributed by atoms with Crippen LogP contribution in [0.4, 0.5) is 5.95 Å². The Morgan fingerprint density at radius 1 is 1.53 bits per heavy atom. The Morgan fingerprint density at radius 2 is 2.13 bits per heavy atom. The Hall–Kier alpha value is -1.65. The van der Waals surface area contributed by atoms with E-state index in [4.69, 9.17) is 10.8 Å². The summed E-state index contributed by atoms with van der Waals surface area (Å²) in [5.74, 6) is -0.663. The molecule has 0 aliphatic rings. The molecular formula is C10H15N3O2. The number of aliphatic carboxylic acids is 1. The Balaban J connectivity index is 2.94. The number of rotatable bonds is 3. The van der Waals surface area contributed by atoms with Gasteiger partial charge in [-0.05, 0) is 26.8 Å². The van der Waals surface area contributed by atoms with Gasteiger partial charge in [-0.2, -0.15) is 0 Å². The highest BCUT2D eigenvalue weighted by molar-refractivity contribution is 5.73. The standard InChI is InChI=1S/C10H15N3O2/c1-6-4-7(13-9(11)12-6)5-10(2,3)8(14)15/h4H,5H2,1-3H3,(H,14,15)(H2,11,12,13). The lowest BCUT2D eigenvalue weighted by Crippen LogP contribution is -2.26. The van der Waals surface area contributed by atoms with Crippen molar-refractivity contribution in [3.05, 3.63) is 17.5 Å². The van der Waals surface area contributed by atoms with Gasteiger partial charge in [0, 0.05) is 17.8 Å². The second-order valence-electron chi connectivity index (χ2n) is 4.22. The maximum atomic E-state index is 10.9. The molecule has 1 heterocycles. The number of carboxylic acids is 1. The molecule has 0 amide bonds. The van der Waals surface area contributed by atoms with Gasteiger partial charge >= 0.3 is 5.97 Å². The van der Waals surface area contributed by atoms with Crippen molar-refractivity contribution in [1.29, 1.82) is 0 Å². The fourth-order valence-electron chi connectivity index (χ4n) is 1.28. The number of nitrogens with zero attached hydrogens (tertiary/aromatic N) is 2. The molecule has 0 bridgehead atoms. The van der Waals surface area contributed by atoms with Crippen LogP contribution in [0.2, 0.25) is 0 Å². The fourth-order valence-corrected chi connectivity index (χ4v) is 1.28. The average Bonchev–Trinajstić information content (AvgIpc) is 1.99. The highest BCUT2D eigenvalue weighted by atomic mass is 16.4. The van der Waals surface area contributed by atoms with Crippen LogP contribution in [-0.4, -0.2) is 21.0 Å². The summed E-state index contributed by atoms with van der Waals surface area (Å²) >= 11 is 0. The van der Waals surface area contributed by atoms with Crippen LogP contribution in [0.1, 0.15) is 25.2 Å². The van der Waals surface area contributed by atoms with E-state index < -0.39 is 11.4 Å². The first-order valence-electron chi connectivity index (χ1n) is 4.65. The smallest absolute Gasteiger partial charge is 0.309 e. The number of aryl methyl sites for hydroxylation is 1. The Morgan fingerprint density at radius 3 is 2.60 bits per heavy atom. The Labute approximate surface area is 88.4 Å². The minimum Gasteiger partial charge on any atom is -0.481 e. The van der Waals surface area contributed by atoms with Gasteiger partial charge in [-0.3, -0.25) is 4.79 Å². The monoisotopic (exact) mass is 209 g/mol. The lowest BCUT2D eigenvalue weighted by Gasteiger charge is -2.18. The number of nitrogen functional groups attached to an aromatic ring is 1. The van der Waals surface area contributed by atoms with Crippen LogP contribution < -0.4 is 5.73 Å². The third-order valence-electron chi connectivity index (χ3n) is 2.13. The minimum absolute atomic E-state index is 0.186. The molecule has 1 aromatic rings. The molecule has 0 fully saturated rings. The molecule has 0 saturated heterocycles. The topological polar surface area (TPSA) is 89.1 Å². The number of nitrogens with two attached hydrogens (primary N) is 1. The zero-order chi connectivity index (χ0) is 11.6. The number of carboxylic acid groups (broad SMARTS) is 1. The molecule has 1 rings (SSSR count). The molecule has 5 nitrogen and oxygen atoms in total. The molecule has 0 aromatic carbocycles. The molecule has 1 aromatic heterocycles. The van der Waals surface area contributed by atoms with E-state index in [-0.39, 0.29) is 5.95 Å². The molecule has 0 aliphatic carbocycles. The van der Waals surface area contributed by atoms with Gasteiger partial charge < -0.3 is 10.8 Å². The van der Waals surface area contributed by atoms with Crippen LogP contribution in [0.3, 0.4) is 0 Å². The number of hydrogen-bond acceptors (Lipinski definition) is 4. The molecule has 5 heteroatoms. The molecule has 3 N–H and O–H groups in total. The maximum Gasteiger partial charge on any atom is 0.309 e. The van der Waals surface area contributed by atoms with Gasteiger partial charge in [0.15, 0.2) is 0 Å². The van der Waals surface area contributed by atoms with Gasteiger partial charge in [0.05, 0.1) is 5.41 Å². The molecule has 15 heavy (non-hydrogen) atoms. The van der Waals surface area contributed by atoms with Gasteiger partial charge in [0.1, 0.15) is 0 Å². The molecule has 0 saturated carbocycles. The van der Waals surface area contributed by atoms with Gasteiger partial charge in [-0.1, -0.05) is 0 Å². The number of hydrogen-bond donors (Lipinski definition) is 2. The summed E-state index contributed by atoms with van der Waals surface area (Å²) in [6.07, 6.45) is 0.343. The van der Waals surface area contributed by atoms with E-state index in [1.807, 2.05) is 0 Å². The number of aromatic nitrogens is 2. The predicted octanol–water partition coefficient (Wildman–Crippen LogP) is 1.02. The van der Waals surface area contributed by atoms with Crippen LogP contribution in [0, 0.1) is 12.3 Å². The van der Waals surface area contributed by atoms with Crippen molar-refractivity contribution in [3.63, 3.8) is 0 Å². The second-order valence-corrected chi connectivity index (χ2v) is 4.22. The Bertz CT molecular complexity index is 368. The highest BCUT2D eigenvalue weighted by Crippen LogP contribution is 2.21. The van der Waals surface area contributed by atoms with Crippen LogP contribution in [0.15, 0.2) is 6.07 Å². The molecule has 0 spiro atoms. The van der Waals surface area contributed by atoms with Crippen molar-refractivity contribution < 1.29 is 9.90 Å². The van der Waals surface area contributed by atoms with Gasteiger partial charge in [0.2, 0.25) is 5.95 Å². The van der Waals surface area contributed by atoms with E-state index in [1.54, 1.807) is 26.8 Å². The van der Waals surface area contributed by atoms with Crippen LogP contribution in [0.5, 0.6) is 0 Å². The number of carbonyl (C=O) groups is 1. The summed E-state index contributed by atoms with van der Waals surface area (Å²) in [5.41, 5.74) is 6.05. The summed E-state index contributed by atoms with van der Waals surface area (Å²) in [4.78, 5) is 18.9. The van der Waals surface area contributed by atoms with E-state index in [0.717, 1.165) is 5.69 Å². The minimum atomic E-state index is -0.850. The molecule has 82 valence electrons. The highest BCUT2D eigenvalue weighted by Gasteiger charge is 2.28. The van der Waals surface area contributed by atoms with Crippen LogP contribution in [-0.2, 0) is 11.2 Å². The van der Waals surface area contributed by atoms with Crippen LogP contribution >= 0.6 is 0 Å². The molecule has 0 aliphatic heterocycles. The maximum absolute atomic E-state index is 10.9. The number of anilines is 1. The largest absolute Gasteiger partial charge is 0.481 e. The van der Waals surface area contributed by atoms with Crippen molar-refractivity contribution in [3.8, 4) is 0 Å². The first kappa shape index (κ1) is 11.4. The summed E-state index contributed by atoms with van der Waals surface area (Å²) in [7, 11) is 0. The van der Waals surface area contributed by atoms with Crippen molar-refractivity contribution in [2.24, 2.45) is 5.41 Å². The first-order valence-corrected chi connectivity index (χ1v) is 4.65. The third kappa shape index (κ3) is 2.90. The molecule has 0 unspecified atom stereocenters. The average molecular weight is 209 g/mol. The summed E-state index contributed by atoms with van der Waals surface area (Å²) < 4.78 is 0. The Kier molecular flexibility index (Phi) is 2.93. The van der Waals surface area contributed by atoms with Crippen molar-refractivity contribution in [2.45, 2.75) is 27.2 Å². The van der Waals surface area contributed by atoms with Gasteiger partial charge in [-0.25, -0.2) is 9.97 Å². The predicted molar refractivity (Wildman–Crippen MR) is 56.3 cm³/mol. The van der Waals surface area contributed by atoms with E-state index in [1.165, 1.54) is 0 Å². The molecular weight excluding hydrogens is 194 g/mol. The lowest BCUT2D eigenvalue weighted by molar-refractivity contribution is -0.146. The zero-order valence-corrected chi connectivity index (χ0v) is 9.11. The van der Waals surface area contributed by atoms with Crippen molar-refractivity contribution in [2.75, 3.05) is 5.73 Å². The van der Waals surface area contributed by atoms with E-state index in [0.29, 0.717) is 12.1 Å². The SMILES string of the molecule is Cc1cc(CC(C)(C)C(=O)O)nc(N)n1. The van der Waals surface area contributed by atoms with Gasteiger partial charge in [0.25, 0.3) is 0 Å².